The van der Waals surface area contributed by atoms with E-state index in [1.807, 2.05) is 37.4 Å². The van der Waals surface area contributed by atoms with E-state index < -0.39 is 6.10 Å². The van der Waals surface area contributed by atoms with Crippen LogP contribution in [0.2, 0.25) is 5.02 Å². The molecule has 1 aromatic heterocycles. The van der Waals surface area contributed by atoms with Crippen LogP contribution in [-0.4, -0.2) is 18.8 Å². The Hall–Kier alpha value is -1.07. The van der Waals surface area contributed by atoms with Gasteiger partial charge in [0.05, 0.1) is 23.1 Å². The molecule has 1 heterocycles. The summed E-state index contributed by atoms with van der Waals surface area (Å²) >= 11 is 7.74. The van der Waals surface area contributed by atoms with E-state index in [-0.39, 0.29) is 5.92 Å². The SMILES string of the molecule is COc1ccc(C)cc1C(CN)C(O)c1scc(C)c1Cl. The molecule has 0 saturated heterocycles. The Morgan fingerprint density at radius 3 is 2.62 bits per heavy atom. The van der Waals surface area contributed by atoms with Gasteiger partial charge in [0, 0.05) is 18.0 Å². The second-order valence-corrected chi connectivity index (χ2v) is 6.42. The van der Waals surface area contributed by atoms with Gasteiger partial charge in [-0.3, -0.25) is 0 Å². The maximum Gasteiger partial charge on any atom is 0.122 e. The first kappa shape index (κ1) is 16.3. The second-order valence-electron chi connectivity index (χ2n) is 5.13. The predicted octanol–water partition coefficient (Wildman–Crippen LogP) is 3.80. The molecule has 0 amide bonds. The Balaban J connectivity index is 2.44. The average molecular weight is 326 g/mol. The molecule has 2 atom stereocenters. The fourth-order valence-electron chi connectivity index (χ4n) is 2.40. The zero-order valence-corrected chi connectivity index (χ0v) is 14.0. The molecule has 0 radical (unpaired) electrons. The lowest BCUT2D eigenvalue weighted by Gasteiger charge is -2.24. The van der Waals surface area contributed by atoms with Crippen molar-refractivity contribution in [2.75, 3.05) is 13.7 Å². The molecule has 5 heteroatoms. The van der Waals surface area contributed by atoms with E-state index in [9.17, 15) is 5.11 Å². The van der Waals surface area contributed by atoms with Crippen molar-refractivity contribution in [3.8, 4) is 5.75 Å². The Morgan fingerprint density at radius 1 is 1.38 bits per heavy atom. The first-order chi connectivity index (χ1) is 9.99. The number of rotatable bonds is 5. The summed E-state index contributed by atoms with van der Waals surface area (Å²) in [5.74, 6) is 0.481. The number of ether oxygens (including phenoxy) is 1. The third kappa shape index (κ3) is 3.24. The number of aryl methyl sites for hydroxylation is 2. The highest BCUT2D eigenvalue weighted by molar-refractivity contribution is 7.10. The van der Waals surface area contributed by atoms with E-state index >= 15 is 0 Å². The van der Waals surface area contributed by atoms with Crippen LogP contribution in [-0.2, 0) is 0 Å². The molecule has 2 aromatic rings. The third-order valence-corrected chi connectivity index (χ3v) is 5.40. The minimum absolute atomic E-state index is 0.254. The van der Waals surface area contributed by atoms with E-state index in [1.54, 1.807) is 7.11 Å². The summed E-state index contributed by atoms with van der Waals surface area (Å²) in [6.45, 7) is 4.25. The number of nitrogens with two attached hydrogens (primary N) is 1. The molecule has 0 fully saturated rings. The van der Waals surface area contributed by atoms with E-state index in [2.05, 4.69) is 0 Å². The first-order valence-electron chi connectivity index (χ1n) is 6.75. The monoisotopic (exact) mass is 325 g/mol. The van der Waals surface area contributed by atoms with Gasteiger partial charge < -0.3 is 15.6 Å². The Labute approximate surface area is 134 Å². The summed E-state index contributed by atoms with van der Waals surface area (Å²) < 4.78 is 5.41. The van der Waals surface area contributed by atoms with Crippen LogP contribution < -0.4 is 10.5 Å². The van der Waals surface area contributed by atoms with Gasteiger partial charge in [-0.1, -0.05) is 29.3 Å². The molecule has 0 aliphatic rings. The van der Waals surface area contributed by atoms with E-state index in [4.69, 9.17) is 22.1 Å². The molecule has 0 bridgehead atoms. The fraction of sp³-hybridized carbons (Fsp3) is 0.375. The molecule has 21 heavy (non-hydrogen) atoms. The van der Waals surface area contributed by atoms with Crippen LogP contribution in [0.25, 0.3) is 0 Å². The van der Waals surface area contributed by atoms with Crippen molar-refractivity contribution in [1.82, 2.24) is 0 Å². The number of hydrogen-bond donors (Lipinski definition) is 2. The van der Waals surface area contributed by atoms with Crippen LogP contribution in [0.3, 0.4) is 0 Å². The van der Waals surface area contributed by atoms with Gasteiger partial charge in [0.1, 0.15) is 5.75 Å². The quantitative estimate of drug-likeness (QED) is 0.879. The highest BCUT2D eigenvalue weighted by Crippen LogP contribution is 2.41. The zero-order chi connectivity index (χ0) is 15.6. The molecule has 1 aromatic carbocycles. The van der Waals surface area contributed by atoms with Crippen molar-refractivity contribution in [1.29, 1.82) is 0 Å². The average Bonchev–Trinajstić information content (AvgIpc) is 2.80. The minimum Gasteiger partial charge on any atom is -0.496 e. The molecule has 3 N–H and O–H groups in total. The predicted molar refractivity (Wildman–Crippen MR) is 88.6 cm³/mol. The maximum atomic E-state index is 10.7. The van der Waals surface area contributed by atoms with Crippen LogP contribution in [0.4, 0.5) is 0 Å². The number of halogens is 1. The van der Waals surface area contributed by atoms with Crippen molar-refractivity contribution >= 4 is 22.9 Å². The summed E-state index contributed by atoms with van der Waals surface area (Å²) in [6.07, 6.45) is -0.739. The van der Waals surface area contributed by atoms with E-state index in [0.29, 0.717) is 11.6 Å². The second kappa shape index (κ2) is 6.79. The number of aliphatic hydroxyl groups is 1. The third-order valence-electron chi connectivity index (χ3n) is 3.61. The van der Waals surface area contributed by atoms with Crippen molar-refractivity contribution in [3.05, 3.63) is 50.2 Å². The van der Waals surface area contributed by atoms with Crippen LogP contribution in [0.5, 0.6) is 5.75 Å². The molecule has 2 unspecified atom stereocenters. The summed E-state index contributed by atoms with van der Waals surface area (Å²) in [7, 11) is 1.62. The summed E-state index contributed by atoms with van der Waals surface area (Å²) in [6, 6.07) is 5.89. The van der Waals surface area contributed by atoms with Crippen molar-refractivity contribution < 1.29 is 9.84 Å². The van der Waals surface area contributed by atoms with Gasteiger partial charge in [-0.25, -0.2) is 0 Å². The van der Waals surface area contributed by atoms with Crippen LogP contribution >= 0.6 is 22.9 Å². The molecule has 0 spiro atoms. The van der Waals surface area contributed by atoms with Gasteiger partial charge in [-0.2, -0.15) is 0 Å². The molecule has 0 saturated carbocycles. The first-order valence-corrected chi connectivity index (χ1v) is 8.01. The standard InChI is InChI=1S/C16H20ClNO2S/c1-9-4-5-13(20-3)11(6-9)12(7-18)15(19)16-14(17)10(2)8-21-16/h4-6,8,12,15,19H,7,18H2,1-3H3. The molecule has 0 aliphatic heterocycles. The molecular weight excluding hydrogens is 306 g/mol. The van der Waals surface area contributed by atoms with Gasteiger partial charge in [-0.05, 0) is 30.9 Å². The lowest BCUT2D eigenvalue weighted by molar-refractivity contribution is 0.149. The van der Waals surface area contributed by atoms with Crippen LogP contribution in [0.1, 0.15) is 33.6 Å². The zero-order valence-electron chi connectivity index (χ0n) is 12.4. The number of benzene rings is 1. The fourth-order valence-corrected chi connectivity index (χ4v) is 3.76. The number of hydrogen-bond acceptors (Lipinski definition) is 4. The summed E-state index contributed by atoms with van der Waals surface area (Å²) in [5.41, 5.74) is 8.91. The highest BCUT2D eigenvalue weighted by atomic mass is 35.5. The minimum atomic E-state index is -0.739. The largest absolute Gasteiger partial charge is 0.496 e. The normalized spacial score (nSPS) is 14.0. The Bertz CT molecular complexity index is 627. The summed E-state index contributed by atoms with van der Waals surface area (Å²) in [5, 5.41) is 13.3. The van der Waals surface area contributed by atoms with Crippen molar-refractivity contribution in [2.24, 2.45) is 5.73 Å². The molecule has 3 nitrogen and oxygen atoms in total. The molecule has 0 aliphatic carbocycles. The number of thiophene rings is 1. The number of aliphatic hydroxyl groups excluding tert-OH is 1. The molecular formula is C16H20ClNO2S. The highest BCUT2D eigenvalue weighted by Gasteiger charge is 2.27. The van der Waals surface area contributed by atoms with Gasteiger partial charge in [0.15, 0.2) is 0 Å². The topological polar surface area (TPSA) is 55.5 Å². The van der Waals surface area contributed by atoms with E-state index in [0.717, 1.165) is 27.3 Å². The smallest absolute Gasteiger partial charge is 0.122 e. The summed E-state index contributed by atoms with van der Waals surface area (Å²) in [4.78, 5) is 0.758. The van der Waals surface area contributed by atoms with Gasteiger partial charge in [0.2, 0.25) is 0 Å². The molecule has 2 rings (SSSR count). The lowest BCUT2D eigenvalue weighted by atomic mass is 9.90. The van der Waals surface area contributed by atoms with Gasteiger partial charge in [0.25, 0.3) is 0 Å². The van der Waals surface area contributed by atoms with Gasteiger partial charge in [-0.15, -0.1) is 11.3 Å². The Kier molecular flexibility index (Phi) is 5.27. The lowest BCUT2D eigenvalue weighted by Crippen LogP contribution is -2.20. The van der Waals surface area contributed by atoms with Crippen LogP contribution in [0.15, 0.2) is 23.6 Å². The number of methoxy groups -OCH3 is 1. The van der Waals surface area contributed by atoms with Crippen molar-refractivity contribution in [3.63, 3.8) is 0 Å². The van der Waals surface area contributed by atoms with Gasteiger partial charge >= 0.3 is 0 Å². The maximum absolute atomic E-state index is 10.7. The van der Waals surface area contributed by atoms with Crippen molar-refractivity contribution in [2.45, 2.75) is 25.9 Å². The van der Waals surface area contributed by atoms with E-state index in [1.165, 1.54) is 11.3 Å². The van der Waals surface area contributed by atoms with Crippen LogP contribution in [0, 0.1) is 13.8 Å². The Morgan fingerprint density at radius 2 is 2.10 bits per heavy atom. The molecule has 114 valence electrons.